The van der Waals surface area contributed by atoms with Gasteiger partial charge in [-0.25, -0.2) is 9.78 Å². The lowest BCUT2D eigenvalue weighted by Crippen LogP contribution is -2.07. The number of nitrogens with zero attached hydrogens (tertiary/aromatic N) is 2. The Labute approximate surface area is 73.8 Å². The number of ether oxygens (including phenoxy) is 1. The van der Waals surface area contributed by atoms with Gasteiger partial charge in [-0.3, -0.25) is 0 Å². The predicted octanol–water partition coefficient (Wildman–Crippen LogP) is -0.454. The van der Waals surface area contributed by atoms with Crippen molar-refractivity contribution in [2.24, 2.45) is 0 Å². The van der Waals surface area contributed by atoms with Crippen LogP contribution < -0.4 is 4.74 Å². The van der Waals surface area contributed by atoms with Gasteiger partial charge in [0.1, 0.15) is 6.61 Å². The van der Waals surface area contributed by atoms with E-state index >= 15 is 0 Å². The fourth-order valence-electron chi connectivity index (χ4n) is 0.666. The summed E-state index contributed by atoms with van der Waals surface area (Å²) in [7, 11) is 0. The van der Waals surface area contributed by atoms with E-state index in [2.05, 4.69) is 9.97 Å². The summed E-state index contributed by atoms with van der Waals surface area (Å²) in [6.45, 7) is -0.121. The topological polar surface area (TPSA) is 92.5 Å². The van der Waals surface area contributed by atoms with E-state index in [1.807, 2.05) is 0 Å². The highest BCUT2D eigenvalue weighted by Gasteiger charge is 2.06. The van der Waals surface area contributed by atoms with E-state index in [4.69, 9.17) is 14.9 Å². The number of aliphatic hydroxyl groups is 1. The Morgan fingerprint density at radius 3 is 3.00 bits per heavy atom. The van der Waals surface area contributed by atoms with Crippen molar-refractivity contribution in [2.75, 3.05) is 13.2 Å². The van der Waals surface area contributed by atoms with Crippen molar-refractivity contribution in [1.82, 2.24) is 9.97 Å². The van der Waals surface area contributed by atoms with Gasteiger partial charge in [0.05, 0.1) is 6.61 Å². The third-order valence-electron chi connectivity index (χ3n) is 1.18. The van der Waals surface area contributed by atoms with Crippen molar-refractivity contribution in [3.63, 3.8) is 0 Å². The molecule has 0 amide bonds. The maximum absolute atomic E-state index is 10.4. The molecule has 2 N–H and O–H groups in total. The summed E-state index contributed by atoms with van der Waals surface area (Å²) in [5.74, 6) is -1.14. The molecule has 6 heteroatoms. The highest BCUT2D eigenvalue weighted by atomic mass is 16.5. The number of rotatable bonds is 4. The van der Waals surface area contributed by atoms with Gasteiger partial charge in [0.2, 0.25) is 0 Å². The zero-order valence-corrected chi connectivity index (χ0v) is 6.67. The molecule has 1 rings (SSSR count). The van der Waals surface area contributed by atoms with Gasteiger partial charge in [0.25, 0.3) is 0 Å². The summed E-state index contributed by atoms with van der Waals surface area (Å²) in [4.78, 5) is 17.6. The van der Waals surface area contributed by atoms with Crippen LogP contribution in [-0.2, 0) is 0 Å². The maximum atomic E-state index is 10.4. The number of aliphatic hydroxyl groups excluding tert-OH is 1. The molecule has 0 aliphatic rings. The van der Waals surface area contributed by atoms with Gasteiger partial charge in [-0.1, -0.05) is 0 Å². The Hall–Kier alpha value is -1.69. The number of carboxylic acids is 1. The SMILES string of the molecule is O=C(O)c1ccnc(OCCO)n1. The van der Waals surface area contributed by atoms with Gasteiger partial charge in [-0.05, 0) is 6.07 Å². The van der Waals surface area contributed by atoms with E-state index in [1.165, 1.54) is 12.3 Å². The van der Waals surface area contributed by atoms with Crippen molar-refractivity contribution in [3.8, 4) is 6.01 Å². The van der Waals surface area contributed by atoms with Crippen LogP contribution in [0.2, 0.25) is 0 Å². The zero-order valence-electron chi connectivity index (χ0n) is 6.67. The molecule has 0 aliphatic heterocycles. The van der Waals surface area contributed by atoms with Gasteiger partial charge in [-0.2, -0.15) is 4.98 Å². The number of hydrogen-bond acceptors (Lipinski definition) is 5. The lowest BCUT2D eigenvalue weighted by molar-refractivity contribution is 0.0688. The van der Waals surface area contributed by atoms with Gasteiger partial charge in [-0.15, -0.1) is 0 Å². The second kappa shape index (κ2) is 4.36. The third kappa shape index (κ3) is 2.68. The summed E-state index contributed by atoms with van der Waals surface area (Å²) in [6, 6.07) is 1.21. The Kier molecular flexibility index (Phi) is 3.15. The second-order valence-corrected chi connectivity index (χ2v) is 2.10. The van der Waals surface area contributed by atoms with Crippen LogP contribution in [0.4, 0.5) is 0 Å². The van der Waals surface area contributed by atoms with Crippen LogP contribution in [0.25, 0.3) is 0 Å². The first kappa shape index (κ1) is 9.40. The molecule has 13 heavy (non-hydrogen) atoms. The second-order valence-electron chi connectivity index (χ2n) is 2.10. The van der Waals surface area contributed by atoms with Crippen molar-refractivity contribution in [3.05, 3.63) is 18.0 Å². The van der Waals surface area contributed by atoms with Gasteiger partial charge < -0.3 is 14.9 Å². The monoisotopic (exact) mass is 184 g/mol. The molecule has 0 bridgehead atoms. The lowest BCUT2D eigenvalue weighted by Gasteiger charge is -2.01. The van der Waals surface area contributed by atoms with Crippen molar-refractivity contribution < 1.29 is 19.7 Å². The summed E-state index contributed by atoms with van der Waals surface area (Å²) < 4.78 is 4.81. The van der Waals surface area contributed by atoms with Crippen LogP contribution in [0.3, 0.4) is 0 Å². The highest BCUT2D eigenvalue weighted by molar-refractivity contribution is 5.85. The molecule has 0 saturated heterocycles. The molecule has 0 spiro atoms. The van der Waals surface area contributed by atoms with Crippen molar-refractivity contribution in [1.29, 1.82) is 0 Å². The largest absolute Gasteiger partial charge is 0.477 e. The maximum Gasteiger partial charge on any atom is 0.354 e. The fourth-order valence-corrected chi connectivity index (χ4v) is 0.666. The number of aromatic carboxylic acids is 1. The summed E-state index contributed by atoms with van der Waals surface area (Å²) in [5.41, 5.74) is -0.136. The average Bonchev–Trinajstić information content (AvgIpc) is 2.15. The minimum Gasteiger partial charge on any atom is -0.477 e. The summed E-state index contributed by atoms with van der Waals surface area (Å²) in [5, 5.41) is 16.9. The summed E-state index contributed by atoms with van der Waals surface area (Å²) >= 11 is 0. The fraction of sp³-hybridized carbons (Fsp3) is 0.286. The van der Waals surface area contributed by atoms with Gasteiger partial charge in [0, 0.05) is 6.20 Å². The molecule has 0 aromatic carbocycles. The molecular formula is C7H8N2O4. The molecule has 70 valence electrons. The highest BCUT2D eigenvalue weighted by Crippen LogP contribution is 2.02. The molecular weight excluding hydrogens is 176 g/mol. The number of aromatic nitrogens is 2. The minimum atomic E-state index is -1.14. The van der Waals surface area contributed by atoms with Gasteiger partial charge >= 0.3 is 12.0 Å². The smallest absolute Gasteiger partial charge is 0.354 e. The van der Waals surface area contributed by atoms with Crippen LogP contribution in [0, 0.1) is 0 Å². The van der Waals surface area contributed by atoms with E-state index in [0.29, 0.717) is 0 Å². The Balaban J connectivity index is 2.73. The lowest BCUT2D eigenvalue weighted by atomic mass is 10.4. The quantitative estimate of drug-likeness (QED) is 0.658. The molecule has 0 unspecified atom stereocenters. The van der Waals surface area contributed by atoms with Crippen LogP contribution in [-0.4, -0.2) is 39.4 Å². The van der Waals surface area contributed by atoms with Crippen molar-refractivity contribution in [2.45, 2.75) is 0 Å². The van der Waals surface area contributed by atoms with E-state index in [1.54, 1.807) is 0 Å². The first-order valence-corrected chi connectivity index (χ1v) is 3.54. The molecule has 1 heterocycles. The van der Waals surface area contributed by atoms with Crippen LogP contribution in [0.1, 0.15) is 10.5 Å². The Bertz CT molecular complexity index is 302. The molecule has 0 fully saturated rings. The average molecular weight is 184 g/mol. The minimum absolute atomic E-state index is 0.0447. The van der Waals surface area contributed by atoms with E-state index in [9.17, 15) is 4.79 Å². The van der Waals surface area contributed by atoms with Crippen LogP contribution >= 0.6 is 0 Å². The van der Waals surface area contributed by atoms with E-state index in [-0.39, 0.29) is 24.9 Å². The first-order valence-electron chi connectivity index (χ1n) is 3.54. The number of carbonyl (C=O) groups is 1. The Morgan fingerprint density at radius 2 is 2.38 bits per heavy atom. The first-order chi connectivity index (χ1) is 6.24. The molecule has 0 saturated carbocycles. The molecule has 6 nitrogen and oxygen atoms in total. The van der Waals surface area contributed by atoms with Gasteiger partial charge in [0.15, 0.2) is 5.69 Å². The predicted molar refractivity (Wildman–Crippen MR) is 41.6 cm³/mol. The van der Waals surface area contributed by atoms with Crippen molar-refractivity contribution >= 4 is 5.97 Å². The third-order valence-corrected chi connectivity index (χ3v) is 1.18. The van der Waals surface area contributed by atoms with Crippen LogP contribution in [0.15, 0.2) is 12.3 Å². The molecule has 1 aromatic heterocycles. The molecule has 0 radical (unpaired) electrons. The zero-order chi connectivity index (χ0) is 9.68. The van der Waals surface area contributed by atoms with Crippen LogP contribution in [0.5, 0.6) is 6.01 Å². The normalized spacial score (nSPS) is 9.62. The number of hydrogen-bond donors (Lipinski definition) is 2. The Morgan fingerprint density at radius 1 is 1.62 bits per heavy atom. The standard InChI is InChI=1S/C7H8N2O4/c10-3-4-13-7-8-2-1-5(9-7)6(11)12/h1-2,10H,3-4H2,(H,11,12). The van der Waals surface area contributed by atoms with E-state index < -0.39 is 5.97 Å². The molecule has 1 aromatic rings. The van der Waals surface area contributed by atoms with E-state index in [0.717, 1.165) is 0 Å². The summed E-state index contributed by atoms with van der Waals surface area (Å²) in [6.07, 6.45) is 1.28. The number of carboxylic acid groups (broad SMARTS) is 1. The molecule has 0 atom stereocenters. The molecule has 0 aliphatic carbocycles.